The maximum absolute atomic E-state index is 12.2. The minimum Gasteiger partial charge on any atom is -0.504 e. The van der Waals surface area contributed by atoms with Crippen LogP contribution in [0.15, 0.2) is 48.6 Å². The summed E-state index contributed by atoms with van der Waals surface area (Å²) in [6.45, 7) is 0. The first-order valence-electron chi connectivity index (χ1n) is 11.5. The van der Waals surface area contributed by atoms with Crippen LogP contribution in [0, 0.1) is 0 Å². The normalized spacial score (nSPS) is 12.0. The predicted octanol–water partition coefficient (Wildman–Crippen LogP) is 3.69. The van der Waals surface area contributed by atoms with E-state index in [0.717, 1.165) is 10.8 Å². The van der Waals surface area contributed by atoms with E-state index in [1.807, 2.05) is 0 Å². The molecule has 2 aromatic rings. The van der Waals surface area contributed by atoms with E-state index in [1.165, 1.54) is 49.3 Å². The Balaban J connectivity index is 1.85. The number of hydrogen-bond donors (Lipinski definition) is 3. The molecule has 1 atom stereocenters. The van der Waals surface area contributed by atoms with Gasteiger partial charge in [-0.05, 0) is 47.5 Å². The van der Waals surface area contributed by atoms with Gasteiger partial charge in [0.15, 0.2) is 34.6 Å². The van der Waals surface area contributed by atoms with Crippen molar-refractivity contribution in [2.24, 2.45) is 0 Å². The largest absolute Gasteiger partial charge is 0.504 e. The lowest BCUT2D eigenvalue weighted by atomic mass is 10.1. The van der Waals surface area contributed by atoms with Crippen molar-refractivity contribution in [2.45, 2.75) is 25.6 Å². The van der Waals surface area contributed by atoms with Crippen LogP contribution in [0.4, 0.5) is 0 Å². The molecule has 0 bridgehead atoms. The minimum atomic E-state index is -1.05. The molecule has 0 aliphatic heterocycles. The van der Waals surface area contributed by atoms with Gasteiger partial charge in [0.2, 0.25) is 6.29 Å². The van der Waals surface area contributed by atoms with Crippen molar-refractivity contribution >= 4 is 51.3 Å². The summed E-state index contributed by atoms with van der Waals surface area (Å²) in [5.74, 6) is 0.542. The SMILES string of the molecule is COc1cc(/C=C/C(=O)CC(=O)/C=C/c2ccc(OC(O)CC[SH+]SCCC(=O)O)c(OC)c2)ccc1O. The molecule has 0 saturated carbocycles. The average Bonchev–Trinajstić information content (AvgIpc) is 2.89. The monoisotopic (exact) mass is 563 g/mol. The Labute approximate surface area is 228 Å². The Kier molecular flexibility index (Phi) is 13.3. The van der Waals surface area contributed by atoms with Gasteiger partial charge in [0.1, 0.15) is 5.75 Å². The van der Waals surface area contributed by atoms with Crippen LogP contribution >= 0.6 is 10.8 Å². The van der Waals surface area contributed by atoms with Crippen LogP contribution in [-0.2, 0) is 25.2 Å². The Morgan fingerprint density at radius 2 is 1.55 bits per heavy atom. The number of rotatable bonds is 17. The molecule has 0 amide bonds. The number of carboxylic acid groups (broad SMARTS) is 1. The van der Waals surface area contributed by atoms with E-state index >= 15 is 0 Å². The predicted molar refractivity (Wildman–Crippen MR) is 150 cm³/mol. The smallest absolute Gasteiger partial charge is 0.304 e. The maximum atomic E-state index is 12.2. The number of carboxylic acids is 1. The maximum Gasteiger partial charge on any atom is 0.304 e. The van der Waals surface area contributed by atoms with Gasteiger partial charge in [-0.15, -0.1) is 0 Å². The van der Waals surface area contributed by atoms with Crippen molar-refractivity contribution in [2.75, 3.05) is 25.7 Å². The fraction of sp³-hybridized carbons (Fsp3) is 0.296. The standard InChI is InChI=1S/C27H30O9S2/c1-34-24-15-18(5-9-22(24)30)3-7-20(28)17-21(29)8-4-19-6-10-23(25(16-19)35-2)36-27(33)12-14-38-37-13-11-26(31)32/h3-10,15-16,27,30,33H,11-14,17H2,1-2H3,(H,31,32)/p+1/b7-3+,8-4+. The molecule has 9 nitrogen and oxygen atoms in total. The zero-order valence-corrected chi connectivity index (χ0v) is 22.7. The van der Waals surface area contributed by atoms with Crippen LogP contribution in [0.2, 0.25) is 0 Å². The van der Waals surface area contributed by atoms with E-state index in [0.29, 0.717) is 40.6 Å². The second-order valence-electron chi connectivity index (χ2n) is 7.81. The van der Waals surface area contributed by atoms with Gasteiger partial charge in [-0.1, -0.05) is 24.3 Å². The Morgan fingerprint density at radius 1 is 0.947 bits per heavy atom. The molecule has 0 heterocycles. The summed E-state index contributed by atoms with van der Waals surface area (Å²) in [4.78, 5) is 34.9. The molecule has 38 heavy (non-hydrogen) atoms. The number of benzene rings is 2. The zero-order chi connectivity index (χ0) is 27.9. The van der Waals surface area contributed by atoms with Crippen molar-refractivity contribution in [1.82, 2.24) is 0 Å². The molecule has 0 spiro atoms. The number of ether oxygens (including phenoxy) is 3. The van der Waals surface area contributed by atoms with Crippen molar-refractivity contribution in [3.05, 3.63) is 59.7 Å². The second kappa shape index (κ2) is 16.4. The van der Waals surface area contributed by atoms with E-state index in [4.69, 9.17) is 19.3 Å². The highest BCUT2D eigenvalue weighted by atomic mass is 33.1. The number of methoxy groups -OCH3 is 2. The molecular formula is C27H31O9S2+. The summed E-state index contributed by atoms with van der Waals surface area (Å²) in [7, 11) is 5.33. The lowest BCUT2D eigenvalue weighted by Crippen LogP contribution is -2.17. The lowest BCUT2D eigenvalue weighted by Gasteiger charge is -2.15. The van der Waals surface area contributed by atoms with Crippen molar-refractivity contribution in [1.29, 1.82) is 0 Å². The molecule has 3 N–H and O–H groups in total. The summed E-state index contributed by atoms with van der Waals surface area (Å²) in [5, 5.41) is 28.4. The number of phenols is 1. The first-order valence-corrected chi connectivity index (χ1v) is 14.2. The van der Waals surface area contributed by atoms with Gasteiger partial charge in [0.25, 0.3) is 0 Å². The Bertz CT molecular complexity index is 1160. The number of carbonyl (C=O) groups excluding carboxylic acids is 2. The Morgan fingerprint density at radius 3 is 2.16 bits per heavy atom. The van der Waals surface area contributed by atoms with Gasteiger partial charge in [0.05, 0.1) is 50.0 Å². The molecular weight excluding hydrogens is 532 g/mol. The van der Waals surface area contributed by atoms with Crippen LogP contribution in [0.25, 0.3) is 12.2 Å². The number of aromatic hydroxyl groups is 1. The number of aliphatic hydroxyl groups excluding tert-OH is 1. The molecule has 0 fully saturated rings. The van der Waals surface area contributed by atoms with Crippen molar-refractivity contribution in [3.8, 4) is 23.0 Å². The molecule has 0 radical (unpaired) electrons. The number of aliphatic carboxylic acids is 1. The third kappa shape index (κ3) is 11.3. The quantitative estimate of drug-likeness (QED) is 0.0497. The number of phenolic OH excluding ortho intramolecular Hbond substituents is 1. The molecule has 1 unspecified atom stereocenters. The topological polar surface area (TPSA) is 140 Å². The fourth-order valence-corrected chi connectivity index (χ4v) is 5.20. The summed E-state index contributed by atoms with van der Waals surface area (Å²) >= 11 is 0. The van der Waals surface area contributed by atoms with Crippen LogP contribution in [0.1, 0.15) is 30.4 Å². The van der Waals surface area contributed by atoms with Gasteiger partial charge in [-0.2, -0.15) is 0 Å². The zero-order valence-electron chi connectivity index (χ0n) is 21.0. The highest BCUT2D eigenvalue weighted by Crippen LogP contribution is 2.30. The number of ketones is 2. The lowest BCUT2D eigenvalue weighted by molar-refractivity contribution is -0.136. The highest BCUT2D eigenvalue weighted by Gasteiger charge is 2.14. The number of thiol groups is 1. The number of carbonyl (C=O) groups is 3. The van der Waals surface area contributed by atoms with E-state index in [2.05, 4.69) is 0 Å². The van der Waals surface area contributed by atoms with Gasteiger partial charge < -0.3 is 29.5 Å². The fourth-order valence-electron chi connectivity index (χ4n) is 2.98. The van der Waals surface area contributed by atoms with E-state index in [1.54, 1.807) is 36.4 Å². The molecule has 2 aromatic carbocycles. The molecule has 0 aliphatic rings. The minimum absolute atomic E-state index is 0.00990. The van der Waals surface area contributed by atoms with E-state index < -0.39 is 12.3 Å². The highest BCUT2D eigenvalue weighted by molar-refractivity contribution is 8.66. The van der Waals surface area contributed by atoms with Gasteiger partial charge >= 0.3 is 5.97 Å². The summed E-state index contributed by atoms with van der Waals surface area (Å²) < 4.78 is 15.9. The number of aliphatic hydroxyl groups is 1. The summed E-state index contributed by atoms with van der Waals surface area (Å²) in [5.41, 5.74) is 1.29. The third-order valence-corrected chi connectivity index (χ3v) is 7.55. The van der Waals surface area contributed by atoms with E-state index in [-0.39, 0.29) is 35.9 Å². The van der Waals surface area contributed by atoms with Crippen LogP contribution in [0.3, 0.4) is 0 Å². The molecule has 0 aliphatic carbocycles. The van der Waals surface area contributed by atoms with Gasteiger partial charge in [-0.25, -0.2) is 0 Å². The molecule has 2 rings (SSSR count). The number of allylic oxidation sites excluding steroid dienone is 2. The first-order chi connectivity index (χ1) is 18.2. The third-order valence-electron chi connectivity index (χ3n) is 4.89. The number of hydrogen-bond acceptors (Lipinski definition) is 9. The van der Waals surface area contributed by atoms with Crippen molar-refractivity contribution in [3.63, 3.8) is 0 Å². The van der Waals surface area contributed by atoms with Gasteiger partial charge in [0, 0.05) is 10.8 Å². The molecule has 11 heteroatoms. The Hall–Kier alpha value is -3.41. The molecule has 204 valence electrons. The average molecular weight is 564 g/mol. The van der Waals surface area contributed by atoms with E-state index in [9.17, 15) is 24.6 Å². The van der Waals surface area contributed by atoms with Gasteiger partial charge in [-0.3, -0.25) is 14.4 Å². The second-order valence-corrected chi connectivity index (χ2v) is 10.7. The summed E-state index contributed by atoms with van der Waals surface area (Å²) in [6.07, 6.45) is 4.81. The summed E-state index contributed by atoms with van der Waals surface area (Å²) in [6, 6.07) is 9.59. The van der Waals surface area contributed by atoms with Crippen LogP contribution in [0.5, 0.6) is 23.0 Å². The molecule has 0 saturated heterocycles. The van der Waals surface area contributed by atoms with Crippen LogP contribution < -0.4 is 14.2 Å². The van der Waals surface area contributed by atoms with Crippen molar-refractivity contribution < 1.29 is 43.9 Å². The van der Waals surface area contributed by atoms with Crippen LogP contribution in [-0.4, -0.2) is 64.9 Å². The first kappa shape index (κ1) is 30.8. The molecule has 0 aromatic heterocycles.